The summed E-state index contributed by atoms with van der Waals surface area (Å²) in [5, 5.41) is 3.35. The summed E-state index contributed by atoms with van der Waals surface area (Å²) in [4.78, 5) is 23.8. The molecule has 2 aromatic carbocycles. The second-order valence-corrected chi connectivity index (χ2v) is 6.48. The van der Waals surface area contributed by atoms with Crippen molar-refractivity contribution in [2.75, 3.05) is 17.3 Å². The summed E-state index contributed by atoms with van der Waals surface area (Å²) in [6.45, 7) is 4.19. The summed E-state index contributed by atoms with van der Waals surface area (Å²) in [7, 11) is 1.75. The summed E-state index contributed by atoms with van der Waals surface area (Å²) in [5.41, 5.74) is 2.06. The molecule has 1 atom stereocenters. The minimum atomic E-state index is -0.173. The Bertz CT molecular complexity index is 897. The number of carbonyl (C=O) groups is 1. The van der Waals surface area contributed by atoms with Crippen molar-refractivity contribution in [3.63, 3.8) is 0 Å². The SMILES string of the molecule is CCC(C)Nc1cc(C(=O)N(C)c2ccccc2)nc(-c2ccccc2)n1. The highest BCUT2D eigenvalue weighted by molar-refractivity contribution is 6.05. The topological polar surface area (TPSA) is 58.1 Å². The highest BCUT2D eigenvalue weighted by atomic mass is 16.2. The lowest BCUT2D eigenvalue weighted by molar-refractivity contribution is 0.0988. The van der Waals surface area contributed by atoms with Gasteiger partial charge in [0.05, 0.1) is 0 Å². The van der Waals surface area contributed by atoms with Gasteiger partial charge in [0.15, 0.2) is 5.82 Å². The molecule has 0 aliphatic carbocycles. The Hall–Kier alpha value is -3.21. The van der Waals surface area contributed by atoms with Crippen molar-refractivity contribution in [1.29, 1.82) is 0 Å². The summed E-state index contributed by atoms with van der Waals surface area (Å²) in [6.07, 6.45) is 0.956. The molecule has 1 unspecified atom stereocenters. The Labute approximate surface area is 160 Å². The zero-order valence-corrected chi connectivity index (χ0v) is 15.9. The van der Waals surface area contributed by atoms with Gasteiger partial charge in [-0.1, -0.05) is 55.5 Å². The first kappa shape index (κ1) is 18.6. The van der Waals surface area contributed by atoms with Crippen LogP contribution in [-0.4, -0.2) is 29.0 Å². The zero-order chi connectivity index (χ0) is 19.2. The van der Waals surface area contributed by atoms with Crippen molar-refractivity contribution >= 4 is 17.4 Å². The number of nitrogens with one attached hydrogen (secondary N) is 1. The van der Waals surface area contributed by atoms with Crippen LogP contribution in [0.5, 0.6) is 0 Å². The van der Waals surface area contributed by atoms with Crippen LogP contribution in [0.25, 0.3) is 11.4 Å². The first-order valence-electron chi connectivity index (χ1n) is 9.12. The Morgan fingerprint density at radius 2 is 1.67 bits per heavy atom. The molecule has 0 aliphatic rings. The molecule has 5 nitrogen and oxygen atoms in total. The maximum atomic E-state index is 13.0. The molecule has 0 saturated carbocycles. The summed E-state index contributed by atoms with van der Waals surface area (Å²) in [6, 6.07) is 21.2. The van der Waals surface area contributed by atoms with E-state index in [1.807, 2.05) is 60.7 Å². The molecule has 3 aromatic rings. The number of anilines is 2. The first-order chi connectivity index (χ1) is 13.1. The van der Waals surface area contributed by atoms with E-state index in [-0.39, 0.29) is 11.9 Å². The van der Waals surface area contributed by atoms with Crippen LogP contribution in [0.3, 0.4) is 0 Å². The van der Waals surface area contributed by atoms with Crippen molar-refractivity contribution in [2.24, 2.45) is 0 Å². The Balaban J connectivity index is 2.00. The van der Waals surface area contributed by atoms with Gasteiger partial charge in [-0.05, 0) is 25.5 Å². The van der Waals surface area contributed by atoms with Gasteiger partial charge in [-0.2, -0.15) is 0 Å². The van der Waals surface area contributed by atoms with E-state index in [2.05, 4.69) is 29.1 Å². The molecule has 0 bridgehead atoms. The van der Waals surface area contributed by atoms with Crippen LogP contribution in [0, 0.1) is 0 Å². The molecule has 3 rings (SSSR count). The van der Waals surface area contributed by atoms with Gasteiger partial charge in [-0.15, -0.1) is 0 Å². The molecular formula is C22H24N4O. The second-order valence-electron chi connectivity index (χ2n) is 6.48. The molecule has 0 radical (unpaired) electrons. The Kier molecular flexibility index (Phi) is 5.81. The third-order valence-corrected chi connectivity index (χ3v) is 4.43. The molecule has 27 heavy (non-hydrogen) atoms. The monoisotopic (exact) mass is 360 g/mol. The van der Waals surface area contributed by atoms with Gasteiger partial charge in [0, 0.05) is 30.4 Å². The van der Waals surface area contributed by atoms with Crippen molar-refractivity contribution in [2.45, 2.75) is 26.3 Å². The van der Waals surface area contributed by atoms with Gasteiger partial charge in [0.25, 0.3) is 5.91 Å². The number of rotatable bonds is 6. The average molecular weight is 360 g/mol. The molecule has 5 heteroatoms. The molecule has 0 spiro atoms. The third-order valence-electron chi connectivity index (χ3n) is 4.43. The van der Waals surface area contributed by atoms with E-state index in [4.69, 9.17) is 0 Å². The fourth-order valence-corrected chi connectivity index (χ4v) is 2.64. The smallest absolute Gasteiger partial charge is 0.276 e. The van der Waals surface area contributed by atoms with E-state index >= 15 is 0 Å². The molecule has 0 aliphatic heterocycles. The number of hydrogen-bond donors (Lipinski definition) is 1. The van der Waals surface area contributed by atoms with E-state index in [0.717, 1.165) is 17.7 Å². The lowest BCUT2D eigenvalue weighted by Crippen LogP contribution is -2.27. The van der Waals surface area contributed by atoms with E-state index in [0.29, 0.717) is 17.3 Å². The Morgan fingerprint density at radius 3 is 2.30 bits per heavy atom. The number of carbonyl (C=O) groups excluding carboxylic acids is 1. The maximum Gasteiger partial charge on any atom is 0.276 e. The summed E-state index contributed by atoms with van der Waals surface area (Å²) < 4.78 is 0. The number of nitrogens with zero attached hydrogens (tertiary/aromatic N) is 3. The minimum absolute atomic E-state index is 0.173. The van der Waals surface area contributed by atoms with E-state index in [1.165, 1.54) is 0 Å². The number of para-hydroxylation sites is 1. The van der Waals surface area contributed by atoms with E-state index < -0.39 is 0 Å². The molecule has 1 heterocycles. The number of amides is 1. The highest BCUT2D eigenvalue weighted by Crippen LogP contribution is 2.21. The normalized spacial score (nSPS) is 11.7. The fourth-order valence-electron chi connectivity index (χ4n) is 2.64. The average Bonchev–Trinajstić information content (AvgIpc) is 2.73. The van der Waals surface area contributed by atoms with Gasteiger partial charge < -0.3 is 10.2 Å². The van der Waals surface area contributed by atoms with Crippen LogP contribution in [0.1, 0.15) is 30.8 Å². The molecule has 0 fully saturated rings. The molecule has 1 amide bonds. The standard InChI is InChI=1S/C22H24N4O/c1-4-16(2)23-20-15-19(22(27)26(3)18-13-9-6-10-14-18)24-21(25-20)17-11-7-5-8-12-17/h5-16H,4H2,1-3H3,(H,23,24,25). The van der Waals surface area contributed by atoms with Crippen LogP contribution in [0.4, 0.5) is 11.5 Å². The highest BCUT2D eigenvalue weighted by Gasteiger charge is 2.18. The molecule has 1 N–H and O–H groups in total. The summed E-state index contributed by atoms with van der Waals surface area (Å²) in [5.74, 6) is 1.02. The molecule has 138 valence electrons. The van der Waals surface area contributed by atoms with Crippen molar-refractivity contribution in [3.05, 3.63) is 72.4 Å². The predicted molar refractivity (Wildman–Crippen MR) is 110 cm³/mol. The molecule has 0 saturated heterocycles. The first-order valence-corrected chi connectivity index (χ1v) is 9.12. The fraction of sp³-hybridized carbons (Fsp3) is 0.227. The van der Waals surface area contributed by atoms with Gasteiger partial charge in [-0.3, -0.25) is 4.79 Å². The van der Waals surface area contributed by atoms with Crippen LogP contribution in [0.15, 0.2) is 66.7 Å². The van der Waals surface area contributed by atoms with Crippen molar-refractivity contribution < 1.29 is 4.79 Å². The maximum absolute atomic E-state index is 13.0. The third kappa shape index (κ3) is 4.50. The van der Waals surface area contributed by atoms with Gasteiger partial charge in [0.1, 0.15) is 11.5 Å². The van der Waals surface area contributed by atoms with Crippen LogP contribution in [0.2, 0.25) is 0 Å². The van der Waals surface area contributed by atoms with E-state index in [9.17, 15) is 4.79 Å². The summed E-state index contributed by atoms with van der Waals surface area (Å²) >= 11 is 0. The van der Waals surface area contributed by atoms with Crippen LogP contribution >= 0.6 is 0 Å². The Morgan fingerprint density at radius 1 is 1.04 bits per heavy atom. The number of aromatic nitrogens is 2. The van der Waals surface area contributed by atoms with Gasteiger partial charge in [-0.25, -0.2) is 9.97 Å². The van der Waals surface area contributed by atoms with Crippen LogP contribution in [-0.2, 0) is 0 Å². The van der Waals surface area contributed by atoms with Crippen LogP contribution < -0.4 is 10.2 Å². The largest absolute Gasteiger partial charge is 0.367 e. The molecular weight excluding hydrogens is 336 g/mol. The zero-order valence-electron chi connectivity index (χ0n) is 15.9. The van der Waals surface area contributed by atoms with Crippen molar-refractivity contribution in [3.8, 4) is 11.4 Å². The lowest BCUT2D eigenvalue weighted by Gasteiger charge is -2.18. The number of hydrogen-bond acceptors (Lipinski definition) is 4. The van der Waals surface area contributed by atoms with Gasteiger partial charge in [0.2, 0.25) is 0 Å². The second kappa shape index (κ2) is 8.45. The predicted octanol–water partition coefficient (Wildman–Crippen LogP) is 4.63. The minimum Gasteiger partial charge on any atom is -0.367 e. The van der Waals surface area contributed by atoms with E-state index in [1.54, 1.807) is 18.0 Å². The molecule has 1 aromatic heterocycles. The quantitative estimate of drug-likeness (QED) is 0.696. The van der Waals surface area contributed by atoms with Crippen molar-refractivity contribution in [1.82, 2.24) is 9.97 Å². The van der Waals surface area contributed by atoms with Gasteiger partial charge >= 0.3 is 0 Å². The lowest BCUT2D eigenvalue weighted by atomic mass is 10.2. The number of benzene rings is 2.